The fraction of sp³-hybridized carbons (Fsp3) is 0.100. The normalized spacial score (nSPS) is 15.5. The second-order valence-corrected chi connectivity index (χ2v) is 3.88. The minimum absolute atomic E-state index is 0.349. The molecule has 0 radical (unpaired) electrons. The molecule has 1 aliphatic rings. The lowest BCUT2D eigenvalue weighted by molar-refractivity contribution is 0.424. The fourth-order valence-electron chi connectivity index (χ4n) is 1.40. The van der Waals surface area contributed by atoms with Crippen LogP contribution in [0.4, 0.5) is 0 Å². The van der Waals surface area contributed by atoms with Crippen LogP contribution in [0, 0.1) is 6.92 Å². The summed E-state index contributed by atoms with van der Waals surface area (Å²) in [5, 5.41) is 4.13. The molecular weight excluding hydrogens is 233 g/mol. The van der Waals surface area contributed by atoms with E-state index in [0.717, 1.165) is 21.5 Å². The molecule has 0 aromatic heterocycles. The molecule has 78 valence electrons. The monoisotopic (exact) mass is 241 g/mol. The van der Waals surface area contributed by atoms with Crippen LogP contribution < -0.4 is 5.43 Å². The topological polar surface area (TPSA) is 27.6 Å². The van der Waals surface area contributed by atoms with E-state index in [4.69, 9.17) is 23.4 Å². The van der Waals surface area contributed by atoms with Crippen molar-refractivity contribution in [2.45, 2.75) is 6.92 Å². The lowest BCUT2D eigenvalue weighted by atomic mass is 10.1. The number of halogens is 2. The second-order valence-electron chi connectivity index (χ2n) is 3.17. The van der Waals surface area contributed by atoms with E-state index in [2.05, 4.69) is 10.5 Å². The molecule has 2 rings (SSSR count). The first-order valence-electron chi connectivity index (χ1n) is 4.41. The molecule has 0 bridgehead atoms. The van der Waals surface area contributed by atoms with E-state index in [1.165, 1.54) is 0 Å². The summed E-state index contributed by atoms with van der Waals surface area (Å²) in [6.07, 6.45) is 1.74. The van der Waals surface area contributed by atoms with Gasteiger partial charge in [-0.2, -0.15) is 0 Å². The molecule has 1 N–H and O–H groups in total. The minimum Gasteiger partial charge on any atom is -0.266 e. The predicted molar refractivity (Wildman–Crippen MR) is 63.3 cm³/mol. The molecule has 0 saturated carbocycles. The summed E-state index contributed by atoms with van der Waals surface area (Å²) in [5.41, 5.74) is 5.93. The molecule has 1 aliphatic heterocycles. The van der Waals surface area contributed by atoms with Gasteiger partial charge in [-0.1, -0.05) is 35.9 Å². The maximum atomic E-state index is 5.82. The van der Waals surface area contributed by atoms with Gasteiger partial charge in [0.15, 0.2) is 5.17 Å². The van der Waals surface area contributed by atoms with E-state index in [-0.39, 0.29) is 0 Å². The van der Waals surface area contributed by atoms with E-state index in [1.54, 1.807) is 6.08 Å². The first kappa shape index (κ1) is 10.3. The Morgan fingerprint density at radius 3 is 2.73 bits per heavy atom. The summed E-state index contributed by atoms with van der Waals surface area (Å²) in [5.74, 6) is 0. The van der Waals surface area contributed by atoms with Gasteiger partial charge in [-0.15, -0.1) is 9.74 Å². The van der Waals surface area contributed by atoms with Crippen molar-refractivity contribution in [2.24, 2.45) is 5.10 Å². The number of allylic oxidation sites excluding steroid dienone is 1. The van der Waals surface area contributed by atoms with Crippen LogP contribution in [0.1, 0.15) is 11.1 Å². The summed E-state index contributed by atoms with van der Waals surface area (Å²) in [6, 6.07) is 7.96. The van der Waals surface area contributed by atoms with E-state index in [1.807, 2.05) is 31.2 Å². The molecule has 0 fully saturated rings. The van der Waals surface area contributed by atoms with E-state index >= 15 is 0 Å². The zero-order chi connectivity index (χ0) is 10.8. The maximum Gasteiger partial charge on any atom is 0.154 e. The van der Waals surface area contributed by atoms with Gasteiger partial charge in [0.25, 0.3) is 0 Å². The number of nitrogens with zero attached hydrogens (tertiary/aromatic N) is 2. The molecular formula is C10H9Cl2N3. The van der Waals surface area contributed by atoms with Crippen molar-refractivity contribution >= 4 is 34.2 Å². The molecule has 1 heterocycles. The van der Waals surface area contributed by atoms with Crippen molar-refractivity contribution in [2.75, 3.05) is 0 Å². The Morgan fingerprint density at radius 2 is 2.07 bits per heavy atom. The Hall–Kier alpha value is -1.19. The maximum absolute atomic E-state index is 5.82. The third-order valence-corrected chi connectivity index (χ3v) is 2.44. The molecule has 0 unspecified atom stereocenters. The highest BCUT2D eigenvalue weighted by Crippen LogP contribution is 2.20. The van der Waals surface area contributed by atoms with Crippen molar-refractivity contribution in [3.8, 4) is 0 Å². The van der Waals surface area contributed by atoms with Crippen molar-refractivity contribution in [3.05, 3.63) is 41.5 Å². The van der Waals surface area contributed by atoms with Crippen LogP contribution in [0.5, 0.6) is 0 Å². The second kappa shape index (κ2) is 4.13. The van der Waals surface area contributed by atoms with Crippen molar-refractivity contribution in [1.29, 1.82) is 0 Å². The zero-order valence-corrected chi connectivity index (χ0v) is 9.55. The molecule has 1 aromatic rings. The average molecular weight is 242 g/mol. The van der Waals surface area contributed by atoms with E-state index in [0.29, 0.717) is 5.17 Å². The molecule has 0 saturated heterocycles. The highest BCUT2D eigenvalue weighted by molar-refractivity contribution is 6.69. The number of nitrogens with one attached hydrogen (secondary N) is 1. The predicted octanol–water partition coefficient (Wildman–Crippen LogP) is 2.86. The Morgan fingerprint density at radius 1 is 1.33 bits per heavy atom. The fourth-order valence-corrected chi connectivity index (χ4v) is 1.80. The standard InChI is InChI=1S/C10H9Cl2N3/c1-7-4-2-3-5-8(7)9-6-10(11)14-15(12)13-9/h2-6,13H,1H3. The number of hydrogen-bond donors (Lipinski definition) is 1. The molecule has 0 spiro atoms. The number of rotatable bonds is 1. The van der Waals surface area contributed by atoms with Gasteiger partial charge in [0.05, 0.1) is 17.5 Å². The number of hydrogen-bond acceptors (Lipinski definition) is 3. The molecule has 15 heavy (non-hydrogen) atoms. The average Bonchev–Trinajstić information content (AvgIpc) is 2.16. The molecule has 0 aliphatic carbocycles. The van der Waals surface area contributed by atoms with Gasteiger partial charge in [-0.25, -0.2) is 0 Å². The Bertz CT molecular complexity index is 440. The summed E-state index contributed by atoms with van der Waals surface area (Å²) in [4.78, 5) is 0. The number of benzene rings is 1. The minimum atomic E-state index is 0.349. The summed E-state index contributed by atoms with van der Waals surface area (Å²) in [7, 11) is 0. The van der Waals surface area contributed by atoms with Crippen molar-refractivity contribution in [3.63, 3.8) is 0 Å². The van der Waals surface area contributed by atoms with E-state index in [9.17, 15) is 0 Å². The van der Waals surface area contributed by atoms with Gasteiger partial charge >= 0.3 is 0 Å². The van der Waals surface area contributed by atoms with Gasteiger partial charge in [0.1, 0.15) is 0 Å². The largest absolute Gasteiger partial charge is 0.266 e. The summed E-state index contributed by atoms with van der Waals surface area (Å²) >= 11 is 11.5. The first-order valence-corrected chi connectivity index (χ1v) is 5.13. The highest BCUT2D eigenvalue weighted by Gasteiger charge is 2.12. The third-order valence-electron chi connectivity index (χ3n) is 2.09. The van der Waals surface area contributed by atoms with Gasteiger partial charge in [-0.3, -0.25) is 5.43 Å². The Kier molecular flexibility index (Phi) is 2.84. The summed E-state index contributed by atoms with van der Waals surface area (Å²) in [6.45, 7) is 2.02. The van der Waals surface area contributed by atoms with Crippen molar-refractivity contribution in [1.82, 2.24) is 10.1 Å². The Balaban J connectivity index is 2.41. The molecule has 0 atom stereocenters. The first-order chi connectivity index (χ1) is 7.16. The third kappa shape index (κ3) is 2.25. The van der Waals surface area contributed by atoms with Gasteiger partial charge < -0.3 is 0 Å². The number of hydrazine groups is 1. The van der Waals surface area contributed by atoms with Crippen LogP contribution in [0.25, 0.3) is 5.70 Å². The number of hydrazone groups is 1. The molecule has 5 heteroatoms. The van der Waals surface area contributed by atoms with Crippen LogP contribution in [0.3, 0.4) is 0 Å². The van der Waals surface area contributed by atoms with Crippen LogP contribution in [0.15, 0.2) is 35.4 Å². The summed E-state index contributed by atoms with van der Waals surface area (Å²) < 4.78 is 1.07. The van der Waals surface area contributed by atoms with Gasteiger partial charge in [-0.05, 0) is 12.5 Å². The lowest BCUT2D eigenvalue weighted by Gasteiger charge is -2.20. The van der Waals surface area contributed by atoms with Crippen LogP contribution in [-0.4, -0.2) is 9.81 Å². The number of aryl methyl sites for hydroxylation is 1. The molecule has 0 amide bonds. The quantitative estimate of drug-likeness (QED) is 0.767. The smallest absolute Gasteiger partial charge is 0.154 e. The van der Waals surface area contributed by atoms with Crippen LogP contribution in [-0.2, 0) is 0 Å². The lowest BCUT2D eigenvalue weighted by Crippen LogP contribution is -2.28. The van der Waals surface area contributed by atoms with Crippen molar-refractivity contribution < 1.29 is 0 Å². The highest BCUT2D eigenvalue weighted by atomic mass is 35.5. The molecule has 3 nitrogen and oxygen atoms in total. The Labute approximate surface area is 98.1 Å². The van der Waals surface area contributed by atoms with Gasteiger partial charge in [0.2, 0.25) is 0 Å². The van der Waals surface area contributed by atoms with Crippen LogP contribution in [0.2, 0.25) is 0 Å². The van der Waals surface area contributed by atoms with E-state index < -0.39 is 0 Å². The van der Waals surface area contributed by atoms with Gasteiger partial charge in [0, 0.05) is 11.6 Å². The van der Waals surface area contributed by atoms with Crippen LogP contribution >= 0.6 is 23.4 Å². The zero-order valence-electron chi connectivity index (χ0n) is 8.04. The SMILES string of the molecule is Cc1ccccc1C1=CC(Cl)=NN(Cl)N1. The molecule has 1 aromatic carbocycles.